The van der Waals surface area contributed by atoms with Crippen LogP contribution in [0.3, 0.4) is 0 Å². The van der Waals surface area contributed by atoms with Crippen molar-refractivity contribution in [1.82, 2.24) is 0 Å². The van der Waals surface area contributed by atoms with Crippen LogP contribution in [-0.2, 0) is 9.59 Å². The summed E-state index contributed by atoms with van der Waals surface area (Å²) in [5, 5.41) is 12.4. The molecular weight excluding hydrogens is 344 g/mol. The highest BCUT2D eigenvalue weighted by Crippen LogP contribution is 2.31. The van der Waals surface area contributed by atoms with E-state index in [1.54, 1.807) is 37.3 Å². The Kier molecular flexibility index (Phi) is 4.46. The van der Waals surface area contributed by atoms with Gasteiger partial charge >= 0.3 is 5.97 Å². The van der Waals surface area contributed by atoms with Crippen LogP contribution in [0.1, 0.15) is 22.3 Å². The van der Waals surface area contributed by atoms with E-state index >= 15 is 0 Å². The first-order valence-electron chi connectivity index (χ1n) is 7.60. The van der Waals surface area contributed by atoms with Gasteiger partial charge in [0.2, 0.25) is 5.91 Å². The van der Waals surface area contributed by atoms with Crippen molar-refractivity contribution in [3.8, 4) is 0 Å². The third-order valence-corrected chi connectivity index (χ3v) is 4.37. The zero-order valence-electron chi connectivity index (χ0n) is 13.3. The Morgan fingerprint density at radius 1 is 1.24 bits per heavy atom. The minimum atomic E-state index is -1.06. The van der Waals surface area contributed by atoms with E-state index in [1.807, 2.05) is 0 Å². The Bertz CT molecular complexity index is 881. The number of carbonyl (C=O) groups is 3. The summed E-state index contributed by atoms with van der Waals surface area (Å²) in [5.74, 6) is -1.84. The molecular formula is C18H15ClN2O4. The molecule has 1 heterocycles. The van der Waals surface area contributed by atoms with Crippen LogP contribution in [-0.4, -0.2) is 28.9 Å². The highest BCUT2D eigenvalue weighted by atomic mass is 35.5. The molecule has 1 atom stereocenters. The Morgan fingerprint density at radius 3 is 2.64 bits per heavy atom. The molecule has 1 fully saturated rings. The van der Waals surface area contributed by atoms with Crippen LogP contribution in [0.2, 0.25) is 5.02 Å². The fourth-order valence-electron chi connectivity index (χ4n) is 2.73. The van der Waals surface area contributed by atoms with Crippen LogP contribution in [0.4, 0.5) is 11.4 Å². The van der Waals surface area contributed by atoms with Crippen molar-refractivity contribution in [2.24, 2.45) is 0 Å². The molecule has 25 heavy (non-hydrogen) atoms. The second-order valence-electron chi connectivity index (χ2n) is 5.75. The van der Waals surface area contributed by atoms with Gasteiger partial charge in [-0.15, -0.1) is 0 Å². The van der Waals surface area contributed by atoms with Gasteiger partial charge in [-0.2, -0.15) is 0 Å². The lowest BCUT2D eigenvalue weighted by atomic mass is 10.1. The van der Waals surface area contributed by atoms with E-state index in [0.29, 0.717) is 16.4 Å². The number of rotatable bonds is 4. The second kappa shape index (κ2) is 6.57. The van der Waals surface area contributed by atoms with Gasteiger partial charge < -0.3 is 10.4 Å². The molecule has 3 rings (SSSR count). The van der Waals surface area contributed by atoms with Crippen LogP contribution >= 0.6 is 11.6 Å². The lowest BCUT2D eigenvalue weighted by Crippen LogP contribution is -2.35. The van der Waals surface area contributed by atoms with E-state index in [4.69, 9.17) is 16.7 Å². The van der Waals surface area contributed by atoms with Crippen LogP contribution in [0.25, 0.3) is 0 Å². The summed E-state index contributed by atoms with van der Waals surface area (Å²) in [5.41, 5.74) is 1.74. The minimum Gasteiger partial charge on any atom is -0.478 e. The monoisotopic (exact) mass is 358 g/mol. The van der Waals surface area contributed by atoms with Gasteiger partial charge in [-0.25, -0.2) is 9.69 Å². The number of aryl methyl sites for hydroxylation is 1. The molecule has 0 bridgehead atoms. The van der Waals surface area contributed by atoms with Crippen molar-refractivity contribution in [3.63, 3.8) is 0 Å². The standard InChI is InChI=1S/C18H15ClN2O4/c1-10-6-7-11(18(24)25)8-13(10)20-14-9-16(22)21(17(14)23)15-5-3-2-4-12(15)19/h2-8,14,20H,9H2,1H3,(H,24,25)/t14-/m1/s1. The lowest BCUT2D eigenvalue weighted by molar-refractivity contribution is -0.121. The third kappa shape index (κ3) is 3.21. The van der Waals surface area contributed by atoms with E-state index in [2.05, 4.69) is 5.32 Å². The van der Waals surface area contributed by atoms with Crippen molar-refractivity contribution in [2.75, 3.05) is 10.2 Å². The zero-order valence-corrected chi connectivity index (χ0v) is 14.1. The average Bonchev–Trinajstić information content (AvgIpc) is 2.84. The van der Waals surface area contributed by atoms with Gasteiger partial charge in [0.1, 0.15) is 6.04 Å². The fourth-order valence-corrected chi connectivity index (χ4v) is 2.95. The molecule has 2 aromatic rings. The van der Waals surface area contributed by atoms with E-state index in [-0.39, 0.29) is 17.9 Å². The van der Waals surface area contributed by atoms with Crippen molar-refractivity contribution in [3.05, 3.63) is 58.6 Å². The average molecular weight is 359 g/mol. The molecule has 6 nitrogen and oxygen atoms in total. The number of hydrogen-bond acceptors (Lipinski definition) is 4. The summed E-state index contributed by atoms with van der Waals surface area (Å²) in [7, 11) is 0. The molecule has 0 aromatic heterocycles. The van der Waals surface area contributed by atoms with Crippen molar-refractivity contribution in [2.45, 2.75) is 19.4 Å². The van der Waals surface area contributed by atoms with Crippen molar-refractivity contribution in [1.29, 1.82) is 0 Å². The fraction of sp³-hybridized carbons (Fsp3) is 0.167. The van der Waals surface area contributed by atoms with E-state index in [1.165, 1.54) is 12.1 Å². The summed E-state index contributed by atoms with van der Waals surface area (Å²) in [4.78, 5) is 37.2. The van der Waals surface area contributed by atoms with Gasteiger partial charge in [-0.1, -0.05) is 29.8 Å². The lowest BCUT2D eigenvalue weighted by Gasteiger charge is -2.18. The number of anilines is 2. The van der Waals surface area contributed by atoms with Crippen LogP contribution < -0.4 is 10.2 Å². The second-order valence-corrected chi connectivity index (χ2v) is 6.16. The molecule has 7 heteroatoms. The smallest absolute Gasteiger partial charge is 0.335 e. The minimum absolute atomic E-state index is 0.0270. The highest BCUT2D eigenvalue weighted by Gasteiger charge is 2.40. The van der Waals surface area contributed by atoms with Crippen LogP contribution in [0.15, 0.2) is 42.5 Å². The summed E-state index contributed by atoms with van der Waals surface area (Å²) in [6.07, 6.45) is -0.0270. The molecule has 0 saturated carbocycles. The Labute approximate surface area is 149 Å². The van der Waals surface area contributed by atoms with Gasteiger partial charge in [0, 0.05) is 5.69 Å². The van der Waals surface area contributed by atoms with Crippen molar-refractivity contribution < 1.29 is 19.5 Å². The number of imide groups is 1. The van der Waals surface area contributed by atoms with Gasteiger partial charge in [-0.05, 0) is 36.8 Å². The number of benzene rings is 2. The maximum Gasteiger partial charge on any atom is 0.335 e. The Balaban J connectivity index is 1.87. The van der Waals surface area contributed by atoms with Crippen LogP contribution in [0, 0.1) is 6.92 Å². The summed E-state index contributed by atoms with van der Waals surface area (Å²) in [6, 6.07) is 10.4. The van der Waals surface area contributed by atoms with Gasteiger partial charge in [0.25, 0.3) is 5.91 Å². The summed E-state index contributed by atoms with van der Waals surface area (Å²) >= 11 is 6.09. The molecule has 0 spiro atoms. The normalized spacial score (nSPS) is 17.0. The number of amides is 2. The van der Waals surface area contributed by atoms with Crippen LogP contribution in [0.5, 0.6) is 0 Å². The predicted molar refractivity (Wildman–Crippen MR) is 94.1 cm³/mol. The van der Waals surface area contributed by atoms with E-state index in [9.17, 15) is 14.4 Å². The number of nitrogens with zero attached hydrogens (tertiary/aromatic N) is 1. The highest BCUT2D eigenvalue weighted by molar-refractivity contribution is 6.36. The van der Waals surface area contributed by atoms with Gasteiger partial charge in [0.15, 0.2) is 0 Å². The number of halogens is 1. The Morgan fingerprint density at radius 2 is 1.96 bits per heavy atom. The number of carbonyl (C=O) groups excluding carboxylic acids is 2. The molecule has 2 N–H and O–H groups in total. The Hall–Kier alpha value is -2.86. The molecule has 128 valence electrons. The molecule has 1 aliphatic heterocycles. The molecule has 0 unspecified atom stereocenters. The first-order chi connectivity index (χ1) is 11.9. The largest absolute Gasteiger partial charge is 0.478 e. The van der Waals surface area contributed by atoms with Gasteiger partial charge in [0.05, 0.1) is 22.7 Å². The molecule has 1 aliphatic rings. The maximum absolute atomic E-state index is 12.7. The maximum atomic E-state index is 12.7. The molecule has 0 radical (unpaired) electrons. The van der Waals surface area contributed by atoms with Crippen molar-refractivity contribution >= 4 is 40.8 Å². The zero-order chi connectivity index (χ0) is 18.1. The number of nitrogens with one attached hydrogen (secondary N) is 1. The number of hydrogen-bond donors (Lipinski definition) is 2. The molecule has 2 aromatic carbocycles. The molecule has 2 amide bonds. The topological polar surface area (TPSA) is 86.7 Å². The van der Waals surface area contributed by atoms with E-state index in [0.717, 1.165) is 10.5 Å². The number of para-hydroxylation sites is 1. The number of carboxylic acid groups (broad SMARTS) is 1. The first-order valence-corrected chi connectivity index (χ1v) is 7.98. The SMILES string of the molecule is Cc1ccc(C(=O)O)cc1N[C@@H]1CC(=O)N(c2ccccc2Cl)C1=O. The third-order valence-electron chi connectivity index (χ3n) is 4.05. The summed E-state index contributed by atoms with van der Waals surface area (Å²) < 4.78 is 0. The molecule has 0 aliphatic carbocycles. The quantitative estimate of drug-likeness (QED) is 0.820. The molecule has 1 saturated heterocycles. The number of carboxylic acids is 1. The summed E-state index contributed by atoms with van der Waals surface area (Å²) in [6.45, 7) is 1.79. The predicted octanol–water partition coefficient (Wildman–Crippen LogP) is 3.09. The van der Waals surface area contributed by atoms with E-state index < -0.39 is 17.9 Å². The first kappa shape index (κ1) is 17.0. The van der Waals surface area contributed by atoms with Gasteiger partial charge in [-0.3, -0.25) is 9.59 Å². The number of aromatic carboxylic acids is 1.